The number of ether oxygens (including phenoxy) is 1. The van der Waals surface area contributed by atoms with E-state index in [1.54, 1.807) is 0 Å². The predicted molar refractivity (Wildman–Crippen MR) is 47.1 cm³/mol. The maximum absolute atomic E-state index is 12.9. The van der Waals surface area contributed by atoms with Crippen LogP contribution in [0.2, 0.25) is 0 Å². The van der Waals surface area contributed by atoms with Crippen LogP contribution < -0.4 is 10.5 Å². The van der Waals surface area contributed by atoms with Crippen LogP contribution in [-0.4, -0.2) is 6.36 Å². The fourth-order valence-electron chi connectivity index (χ4n) is 0.929. The first-order valence-corrected chi connectivity index (χ1v) is 4.26. The van der Waals surface area contributed by atoms with Crippen LogP contribution in [0.3, 0.4) is 0 Å². The number of hydrogen-bond acceptors (Lipinski definition) is 2. The predicted octanol–water partition coefficient (Wildman–Crippen LogP) is 3.05. The Morgan fingerprint density at radius 2 is 1.93 bits per heavy atom. The van der Waals surface area contributed by atoms with Gasteiger partial charge < -0.3 is 10.5 Å². The molecule has 0 aliphatic carbocycles. The van der Waals surface area contributed by atoms with Crippen molar-refractivity contribution in [1.82, 2.24) is 0 Å². The highest BCUT2D eigenvalue weighted by Gasteiger charge is 2.32. The van der Waals surface area contributed by atoms with Crippen molar-refractivity contribution in [3.63, 3.8) is 0 Å². The standard InChI is InChI=1S/C8H6ClF4NO/c9-3-4-1-7(15-8(11,12)13)5(10)2-6(4)14/h1-2H,3,14H2. The maximum Gasteiger partial charge on any atom is 0.573 e. The van der Waals surface area contributed by atoms with Gasteiger partial charge in [0, 0.05) is 17.6 Å². The van der Waals surface area contributed by atoms with Crippen molar-refractivity contribution >= 4 is 17.3 Å². The van der Waals surface area contributed by atoms with Crippen molar-refractivity contribution in [3.05, 3.63) is 23.5 Å². The first-order chi connectivity index (χ1) is 6.83. The van der Waals surface area contributed by atoms with Gasteiger partial charge in [-0.3, -0.25) is 0 Å². The largest absolute Gasteiger partial charge is 0.573 e. The van der Waals surface area contributed by atoms with E-state index in [-0.39, 0.29) is 17.1 Å². The third kappa shape index (κ3) is 3.16. The summed E-state index contributed by atoms with van der Waals surface area (Å²) in [7, 11) is 0. The van der Waals surface area contributed by atoms with Crippen molar-refractivity contribution < 1.29 is 22.3 Å². The second-order valence-electron chi connectivity index (χ2n) is 2.66. The molecule has 15 heavy (non-hydrogen) atoms. The van der Waals surface area contributed by atoms with Crippen molar-refractivity contribution in [2.24, 2.45) is 0 Å². The van der Waals surface area contributed by atoms with Gasteiger partial charge in [-0.15, -0.1) is 24.8 Å². The number of nitrogens with two attached hydrogens (primary N) is 1. The Hall–Kier alpha value is -1.17. The molecule has 1 aromatic carbocycles. The van der Waals surface area contributed by atoms with Gasteiger partial charge in [-0.1, -0.05) is 0 Å². The zero-order chi connectivity index (χ0) is 11.6. The van der Waals surface area contributed by atoms with Gasteiger partial charge in [0.2, 0.25) is 0 Å². The minimum Gasteiger partial charge on any atom is -0.403 e. The van der Waals surface area contributed by atoms with E-state index in [1.165, 1.54) is 0 Å². The lowest BCUT2D eigenvalue weighted by molar-refractivity contribution is -0.275. The molecule has 0 fully saturated rings. The molecular weight excluding hydrogens is 238 g/mol. The second-order valence-corrected chi connectivity index (χ2v) is 2.93. The molecule has 0 aliphatic heterocycles. The van der Waals surface area contributed by atoms with Crippen LogP contribution in [0.1, 0.15) is 5.56 Å². The molecule has 0 aromatic heterocycles. The summed E-state index contributed by atoms with van der Waals surface area (Å²) in [5.41, 5.74) is 5.46. The molecule has 7 heteroatoms. The molecule has 1 aromatic rings. The summed E-state index contributed by atoms with van der Waals surface area (Å²) < 4.78 is 51.8. The number of hydrogen-bond donors (Lipinski definition) is 1. The van der Waals surface area contributed by atoms with E-state index in [1.807, 2.05) is 0 Å². The Kier molecular flexibility index (Phi) is 3.28. The summed E-state index contributed by atoms with van der Waals surface area (Å²) in [6.07, 6.45) is -4.94. The van der Waals surface area contributed by atoms with Crippen LogP contribution in [0.5, 0.6) is 5.75 Å². The number of anilines is 1. The maximum atomic E-state index is 12.9. The average molecular weight is 244 g/mol. The normalized spacial score (nSPS) is 11.5. The van der Waals surface area contributed by atoms with E-state index in [2.05, 4.69) is 4.74 Å². The van der Waals surface area contributed by atoms with Gasteiger partial charge in [-0.05, 0) is 11.6 Å². The molecule has 0 bridgehead atoms. The zero-order valence-corrected chi connectivity index (χ0v) is 7.99. The van der Waals surface area contributed by atoms with Crippen LogP contribution in [0.25, 0.3) is 0 Å². The Balaban J connectivity index is 3.08. The molecule has 0 unspecified atom stereocenters. The van der Waals surface area contributed by atoms with Gasteiger partial charge in [-0.2, -0.15) is 0 Å². The highest BCUT2D eigenvalue weighted by atomic mass is 35.5. The Bertz CT molecular complexity index is 366. The summed E-state index contributed by atoms with van der Waals surface area (Å²) in [4.78, 5) is 0. The van der Waals surface area contributed by atoms with Crippen LogP contribution in [0, 0.1) is 5.82 Å². The second kappa shape index (κ2) is 4.14. The average Bonchev–Trinajstić information content (AvgIpc) is 2.07. The molecule has 0 spiro atoms. The molecule has 1 rings (SSSR count). The molecule has 2 N–H and O–H groups in total. The van der Waals surface area contributed by atoms with Crippen molar-refractivity contribution in [2.75, 3.05) is 5.73 Å². The molecule has 0 amide bonds. The molecule has 0 radical (unpaired) electrons. The van der Waals surface area contributed by atoms with Crippen LogP contribution in [0.15, 0.2) is 12.1 Å². The molecule has 0 saturated heterocycles. The minimum atomic E-state index is -4.94. The Morgan fingerprint density at radius 3 is 2.40 bits per heavy atom. The number of rotatable bonds is 2. The number of alkyl halides is 4. The SMILES string of the molecule is Nc1cc(F)c(OC(F)(F)F)cc1CCl. The Morgan fingerprint density at radius 1 is 1.33 bits per heavy atom. The third-order valence-corrected chi connectivity index (χ3v) is 1.85. The highest BCUT2D eigenvalue weighted by molar-refractivity contribution is 6.17. The van der Waals surface area contributed by atoms with Gasteiger partial charge in [0.05, 0.1) is 0 Å². The molecule has 0 atom stereocenters. The van der Waals surface area contributed by atoms with Gasteiger partial charge >= 0.3 is 6.36 Å². The van der Waals surface area contributed by atoms with E-state index >= 15 is 0 Å². The van der Waals surface area contributed by atoms with Gasteiger partial charge in [0.15, 0.2) is 11.6 Å². The third-order valence-electron chi connectivity index (χ3n) is 1.56. The molecule has 0 heterocycles. The van der Waals surface area contributed by atoms with E-state index < -0.39 is 17.9 Å². The molecular formula is C8H6ClF4NO. The summed E-state index contributed by atoms with van der Waals surface area (Å²) in [5, 5.41) is 0. The minimum absolute atomic E-state index is 0.0166. The lowest BCUT2D eigenvalue weighted by Crippen LogP contribution is -2.18. The van der Waals surface area contributed by atoms with Gasteiger partial charge in [0.1, 0.15) is 0 Å². The number of halogens is 5. The summed E-state index contributed by atoms with van der Waals surface area (Å²) in [6, 6.07) is 1.56. The van der Waals surface area contributed by atoms with Crippen molar-refractivity contribution in [3.8, 4) is 5.75 Å². The Labute approximate surface area is 87.6 Å². The summed E-state index contributed by atoms with van der Waals surface area (Å²) >= 11 is 5.39. The lowest BCUT2D eigenvalue weighted by atomic mass is 10.2. The van der Waals surface area contributed by atoms with Crippen molar-refractivity contribution in [1.29, 1.82) is 0 Å². The first kappa shape index (κ1) is 11.9. The lowest BCUT2D eigenvalue weighted by Gasteiger charge is -2.11. The van der Waals surface area contributed by atoms with Crippen LogP contribution >= 0.6 is 11.6 Å². The first-order valence-electron chi connectivity index (χ1n) is 3.73. The van der Waals surface area contributed by atoms with E-state index in [9.17, 15) is 17.6 Å². The van der Waals surface area contributed by atoms with Crippen LogP contribution in [0.4, 0.5) is 23.2 Å². The number of benzene rings is 1. The fraction of sp³-hybridized carbons (Fsp3) is 0.250. The molecule has 2 nitrogen and oxygen atoms in total. The van der Waals surface area contributed by atoms with E-state index in [4.69, 9.17) is 17.3 Å². The van der Waals surface area contributed by atoms with E-state index in [0.29, 0.717) is 0 Å². The highest BCUT2D eigenvalue weighted by Crippen LogP contribution is 2.29. The quantitative estimate of drug-likeness (QED) is 0.492. The fourth-order valence-corrected chi connectivity index (χ4v) is 1.16. The van der Waals surface area contributed by atoms with Gasteiger partial charge in [-0.25, -0.2) is 4.39 Å². The van der Waals surface area contributed by atoms with Gasteiger partial charge in [0.25, 0.3) is 0 Å². The molecule has 0 saturated carbocycles. The monoisotopic (exact) mass is 243 g/mol. The molecule has 0 aliphatic rings. The topological polar surface area (TPSA) is 35.2 Å². The van der Waals surface area contributed by atoms with E-state index in [0.717, 1.165) is 12.1 Å². The smallest absolute Gasteiger partial charge is 0.403 e. The van der Waals surface area contributed by atoms with Crippen molar-refractivity contribution in [2.45, 2.75) is 12.2 Å². The van der Waals surface area contributed by atoms with Crippen LogP contribution in [-0.2, 0) is 5.88 Å². The summed E-state index contributed by atoms with van der Waals surface area (Å²) in [6.45, 7) is 0. The molecule has 84 valence electrons. The number of nitrogen functional groups attached to an aromatic ring is 1. The summed E-state index contributed by atoms with van der Waals surface area (Å²) in [5.74, 6) is -2.24. The zero-order valence-electron chi connectivity index (χ0n) is 7.24.